The topological polar surface area (TPSA) is 71.1 Å². The molecular formula is C19H18FN3O2S2. The molecule has 8 heteroatoms. The molecule has 0 spiro atoms. The van der Waals surface area contributed by atoms with E-state index in [4.69, 9.17) is 0 Å². The first-order valence-corrected chi connectivity index (χ1v) is 10.2. The van der Waals surface area contributed by atoms with Crippen LogP contribution in [0, 0.1) is 5.82 Å². The molecule has 2 heterocycles. The van der Waals surface area contributed by atoms with Gasteiger partial charge in [0, 0.05) is 41.4 Å². The molecule has 2 N–H and O–H groups in total. The molecule has 0 saturated heterocycles. The van der Waals surface area contributed by atoms with Crippen molar-refractivity contribution in [3.05, 3.63) is 69.1 Å². The highest BCUT2D eigenvalue weighted by molar-refractivity contribution is 7.15. The van der Waals surface area contributed by atoms with Crippen molar-refractivity contribution in [1.29, 1.82) is 0 Å². The van der Waals surface area contributed by atoms with E-state index in [2.05, 4.69) is 15.6 Å². The number of anilines is 1. The molecule has 0 unspecified atom stereocenters. The van der Waals surface area contributed by atoms with Gasteiger partial charge >= 0.3 is 0 Å². The Bertz CT molecular complexity index is 909. The summed E-state index contributed by atoms with van der Waals surface area (Å²) in [5, 5.41) is 9.69. The SMILES string of the molecule is O=C(CCCNC(=O)c1ccsc1)Nc1ncc(Cc2cccc(F)c2)s1. The number of thiophene rings is 1. The lowest BCUT2D eigenvalue weighted by Gasteiger charge is -2.04. The summed E-state index contributed by atoms with van der Waals surface area (Å²) in [6.45, 7) is 0.435. The van der Waals surface area contributed by atoms with Crippen molar-refractivity contribution in [2.75, 3.05) is 11.9 Å². The van der Waals surface area contributed by atoms with Gasteiger partial charge in [0.05, 0.1) is 0 Å². The Morgan fingerprint density at radius 1 is 1.22 bits per heavy atom. The van der Waals surface area contributed by atoms with Crippen molar-refractivity contribution in [2.24, 2.45) is 0 Å². The predicted octanol–water partition coefficient (Wildman–Crippen LogP) is 4.08. The molecule has 0 aliphatic rings. The molecule has 3 aromatic rings. The molecule has 1 aromatic carbocycles. The molecule has 27 heavy (non-hydrogen) atoms. The number of hydrogen-bond donors (Lipinski definition) is 2. The fourth-order valence-electron chi connectivity index (χ4n) is 2.42. The zero-order valence-electron chi connectivity index (χ0n) is 14.4. The zero-order chi connectivity index (χ0) is 19.1. The maximum Gasteiger partial charge on any atom is 0.252 e. The van der Waals surface area contributed by atoms with Crippen LogP contribution in [0.15, 0.2) is 47.3 Å². The quantitative estimate of drug-likeness (QED) is 0.557. The lowest BCUT2D eigenvalue weighted by molar-refractivity contribution is -0.116. The minimum absolute atomic E-state index is 0.126. The Balaban J connectivity index is 1.39. The second-order valence-corrected chi connectivity index (χ2v) is 7.75. The van der Waals surface area contributed by atoms with Crippen LogP contribution in [0.3, 0.4) is 0 Å². The normalized spacial score (nSPS) is 10.6. The number of aromatic nitrogens is 1. The average Bonchev–Trinajstić information content (AvgIpc) is 3.31. The molecule has 0 aliphatic heterocycles. The van der Waals surface area contributed by atoms with Gasteiger partial charge in [-0.15, -0.1) is 11.3 Å². The first-order chi connectivity index (χ1) is 13.1. The van der Waals surface area contributed by atoms with Crippen molar-refractivity contribution in [3.8, 4) is 0 Å². The summed E-state index contributed by atoms with van der Waals surface area (Å²) in [4.78, 5) is 28.9. The highest BCUT2D eigenvalue weighted by atomic mass is 32.1. The molecule has 2 aromatic heterocycles. The number of carbonyl (C=O) groups is 2. The largest absolute Gasteiger partial charge is 0.352 e. The average molecular weight is 404 g/mol. The second-order valence-electron chi connectivity index (χ2n) is 5.86. The summed E-state index contributed by atoms with van der Waals surface area (Å²) in [6, 6.07) is 8.18. The third-order valence-electron chi connectivity index (χ3n) is 3.72. The summed E-state index contributed by atoms with van der Waals surface area (Å²) in [5.41, 5.74) is 1.50. The number of carbonyl (C=O) groups excluding carboxylic acids is 2. The number of nitrogens with zero attached hydrogens (tertiary/aromatic N) is 1. The third-order valence-corrected chi connectivity index (χ3v) is 5.31. The molecule has 5 nitrogen and oxygen atoms in total. The summed E-state index contributed by atoms with van der Waals surface area (Å²) in [7, 11) is 0. The van der Waals surface area contributed by atoms with Gasteiger partial charge in [-0.05, 0) is 35.6 Å². The van der Waals surface area contributed by atoms with Crippen LogP contribution in [0.5, 0.6) is 0 Å². The lowest BCUT2D eigenvalue weighted by atomic mass is 10.1. The number of thiazole rings is 1. The van der Waals surface area contributed by atoms with Gasteiger partial charge in [-0.3, -0.25) is 9.59 Å². The van der Waals surface area contributed by atoms with Gasteiger partial charge in [0.2, 0.25) is 5.91 Å². The summed E-state index contributed by atoms with van der Waals surface area (Å²) >= 11 is 2.84. The van der Waals surface area contributed by atoms with Gasteiger partial charge in [0.25, 0.3) is 5.91 Å². The van der Waals surface area contributed by atoms with Crippen LogP contribution in [0.4, 0.5) is 9.52 Å². The highest BCUT2D eigenvalue weighted by Crippen LogP contribution is 2.21. The van der Waals surface area contributed by atoms with E-state index >= 15 is 0 Å². The van der Waals surface area contributed by atoms with Crippen molar-refractivity contribution < 1.29 is 14.0 Å². The Kier molecular flexibility index (Phi) is 6.67. The van der Waals surface area contributed by atoms with E-state index in [9.17, 15) is 14.0 Å². The number of rotatable bonds is 8. The van der Waals surface area contributed by atoms with Gasteiger partial charge in [0.15, 0.2) is 5.13 Å². The van der Waals surface area contributed by atoms with Crippen molar-refractivity contribution in [2.45, 2.75) is 19.3 Å². The van der Waals surface area contributed by atoms with Gasteiger partial charge < -0.3 is 10.6 Å². The molecule has 140 valence electrons. The van der Waals surface area contributed by atoms with Crippen LogP contribution in [-0.4, -0.2) is 23.3 Å². The van der Waals surface area contributed by atoms with Crippen LogP contribution in [0.1, 0.15) is 33.6 Å². The van der Waals surface area contributed by atoms with E-state index in [0.717, 1.165) is 10.4 Å². The highest BCUT2D eigenvalue weighted by Gasteiger charge is 2.09. The summed E-state index contributed by atoms with van der Waals surface area (Å²) < 4.78 is 13.2. The Hall–Kier alpha value is -2.58. The monoisotopic (exact) mass is 403 g/mol. The van der Waals surface area contributed by atoms with Gasteiger partial charge in [-0.1, -0.05) is 12.1 Å². The third kappa shape index (κ3) is 5.97. The second kappa shape index (κ2) is 9.38. The van der Waals surface area contributed by atoms with Crippen LogP contribution >= 0.6 is 22.7 Å². The summed E-state index contributed by atoms with van der Waals surface area (Å²) in [5.74, 6) is -0.540. The fourth-order valence-corrected chi connectivity index (χ4v) is 3.92. The Labute approximate surface area is 164 Å². The molecule has 0 bridgehead atoms. The number of halogens is 1. The van der Waals surface area contributed by atoms with Crippen LogP contribution in [0.25, 0.3) is 0 Å². The van der Waals surface area contributed by atoms with Crippen molar-refractivity contribution >= 4 is 39.6 Å². The van der Waals surface area contributed by atoms with E-state index in [1.165, 1.54) is 34.8 Å². The van der Waals surface area contributed by atoms with Gasteiger partial charge in [-0.25, -0.2) is 9.37 Å². The number of nitrogens with one attached hydrogen (secondary N) is 2. The Morgan fingerprint density at radius 2 is 2.11 bits per heavy atom. The smallest absolute Gasteiger partial charge is 0.252 e. The van der Waals surface area contributed by atoms with E-state index in [-0.39, 0.29) is 17.6 Å². The van der Waals surface area contributed by atoms with Gasteiger partial charge in [0.1, 0.15) is 5.82 Å². The van der Waals surface area contributed by atoms with Crippen molar-refractivity contribution in [3.63, 3.8) is 0 Å². The molecule has 2 amide bonds. The number of benzene rings is 1. The van der Waals surface area contributed by atoms with Gasteiger partial charge in [-0.2, -0.15) is 11.3 Å². The zero-order valence-corrected chi connectivity index (χ0v) is 16.0. The maximum absolute atomic E-state index is 13.2. The molecule has 3 rings (SSSR count). The number of hydrogen-bond acceptors (Lipinski definition) is 5. The number of amides is 2. The molecule has 0 atom stereocenters. The predicted molar refractivity (Wildman–Crippen MR) is 106 cm³/mol. The van der Waals surface area contributed by atoms with E-state index < -0.39 is 0 Å². The van der Waals surface area contributed by atoms with E-state index in [1.54, 1.807) is 23.7 Å². The maximum atomic E-state index is 13.2. The van der Waals surface area contributed by atoms with Crippen LogP contribution < -0.4 is 10.6 Å². The Morgan fingerprint density at radius 3 is 2.89 bits per heavy atom. The molecule has 0 fully saturated rings. The molecule has 0 radical (unpaired) electrons. The first kappa shape index (κ1) is 19.2. The minimum atomic E-state index is -0.267. The molecule has 0 saturated carbocycles. The van der Waals surface area contributed by atoms with Crippen molar-refractivity contribution in [1.82, 2.24) is 10.3 Å². The van der Waals surface area contributed by atoms with Crippen LogP contribution in [-0.2, 0) is 11.2 Å². The fraction of sp³-hybridized carbons (Fsp3) is 0.211. The standard InChI is InChI=1S/C19H18FN3O2S2/c20-15-4-1-3-13(9-15)10-16-11-22-19(27-16)23-17(24)5-2-7-21-18(25)14-6-8-26-12-14/h1,3-4,6,8-9,11-12H,2,5,7,10H2,(H,21,25)(H,22,23,24). The lowest BCUT2D eigenvalue weighted by Crippen LogP contribution is -2.25. The molecular weight excluding hydrogens is 385 g/mol. The minimum Gasteiger partial charge on any atom is -0.352 e. The van der Waals surface area contributed by atoms with Crippen LogP contribution in [0.2, 0.25) is 0 Å². The van der Waals surface area contributed by atoms with E-state index in [0.29, 0.717) is 36.5 Å². The molecule has 0 aliphatic carbocycles. The summed E-state index contributed by atoms with van der Waals surface area (Å²) in [6.07, 6.45) is 3.10. The first-order valence-electron chi connectivity index (χ1n) is 8.39. The van der Waals surface area contributed by atoms with E-state index in [1.807, 2.05) is 11.4 Å².